The van der Waals surface area contributed by atoms with Gasteiger partial charge in [-0.2, -0.15) is 0 Å². The van der Waals surface area contributed by atoms with Gasteiger partial charge in [-0.15, -0.1) is 0 Å². The van der Waals surface area contributed by atoms with E-state index in [0.717, 1.165) is 18.4 Å². The van der Waals surface area contributed by atoms with Gasteiger partial charge in [0.2, 0.25) is 5.76 Å². The zero-order valence-electron chi connectivity index (χ0n) is 11.8. The molecule has 1 aliphatic rings. The Morgan fingerprint density at radius 2 is 2.26 bits per heavy atom. The van der Waals surface area contributed by atoms with Crippen LogP contribution in [-0.4, -0.2) is 35.1 Å². The van der Waals surface area contributed by atoms with Crippen molar-refractivity contribution in [2.75, 3.05) is 13.1 Å². The van der Waals surface area contributed by atoms with Crippen LogP contribution in [0.25, 0.3) is 0 Å². The molecule has 5 nitrogen and oxygen atoms in total. The normalized spacial score (nSPS) is 23.3. The van der Waals surface area contributed by atoms with Crippen LogP contribution in [0, 0.1) is 12.8 Å². The molecule has 5 heteroatoms. The van der Waals surface area contributed by atoms with Crippen molar-refractivity contribution in [3.05, 3.63) is 17.5 Å². The quantitative estimate of drug-likeness (QED) is 0.903. The lowest BCUT2D eigenvalue weighted by atomic mass is 9.83. The molecule has 0 aliphatic heterocycles. The SMILES string of the molecule is CCN(C(=O)c1oncc1C)C1CCCCC1CN. The third-order valence-electron chi connectivity index (χ3n) is 4.12. The highest BCUT2D eigenvalue weighted by atomic mass is 16.5. The van der Waals surface area contributed by atoms with Crippen LogP contribution < -0.4 is 5.73 Å². The maximum atomic E-state index is 12.6. The maximum absolute atomic E-state index is 12.6. The van der Waals surface area contributed by atoms with E-state index >= 15 is 0 Å². The Kier molecular flexibility index (Phi) is 4.58. The van der Waals surface area contributed by atoms with Gasteiger partial charge < -0.3 is 15.2 Å². The van der Waals surface area contributed by atoms with Crippen LogP contribution in [0.5, 0.6) is 0 Å². The molecule has 1 fully saturated rings. The van der Waals surface area contributed by atoms with Crippen molar-refractivity contribution < 1.29 is 9.32 Å². The van der Waals surface area contributed by atoms with E-state index < -0.39 is 0 Å². The predicted octanol–water partition coefficient (Wildman–Crippen LogP) is 1.96. The molecule has 2 unspecified atom stereocenters. The van der Waals surface area contributed by atoms with Gasteiger partial charge in [0.15, 0.2) is 0 Å². The van der Waals surface area contributed by atoms with Crippen LogP contribution in [0.2, 0.25) is 0 Å². The average Bonchev–Trinajstić information content (AvgIpc) is 2.86. The fourth-order valence-corrected chi connectivity index (χ4v) is 3.03. The van der Waals surface area contributed by atoms with Crippen molar-refractivity contribution in [2.24, 2.45) is 11.7 Å². The maximum Gasteiger partial charge on any atom is 0.292 e. The molecule has 1 heterocycles. The van der Waals surface area contributed by atoms with Crippen LogP contribution in [0.1, 0.15) is 48.7 Å². The first-order chi connectivity index (χ1) is 9.19. The summed E-state index contributed by atoms with van der Waals surface area (Å²) in [5, 5.41) is 3.70. The van der Waals surface area contributed by atoms with Crippen LogP contribution in [0.4, 0.5) is 0 Å². The summed E-state index contributed by atoms with van der Waals surface area (Å²) in [6, 6.07) is 0.237. The highest BCUT2D eigenvalue weighted by Gasteiger charge is 2.33. The summed E-state index contributed by atoms with van der Waals surface area (Å²) in [5.41, 5.74) is 6.66. The van der Waals surface area contributed by atoms with E-state index in [1.54, 1.807) is 6.20 Å². The molecule has 2 rings (SSSR count). The number of rotatable bonds is 4. The van der Waals surface area contributed by atoms with Gasteiger partial charge in [-0.25, -0.2) is 0 Å². The third kappa shape index (κ3) is 2.81. The topological polar surface area (TPSA) is 72.4 Å². The van der Waals surface area contributed by atoms with Gasteiger partial charge in [0.1, 0.15) is 0 Å². The summed E-state index contributed by atoms with van der Waals surface area (Å²) in [6.07, 6.45) is 6.11. The lowest BCUT2D eigenvalue weighted by Crippen LogP contribution is -2.48. The zero-order chi connectivity index (χ0) is 13.8. The Morgan fingerprint density at radius 3 is 2.84 bits per heavy atom. The second-order valence-corrected chi connectivity index (χ2v) is 5.28. The summed E-state index contributed by atoms with van der Waals surface area (Å²) < 4.78 is 5.10. The minimum absolute atomic E-state index is 0.0529. The zero-order valence-corrected chi connectivity index (χ0v) is 11.8. The molecule has 2 atom stereocenters. The summed E-state index contributed by atoms with van der Waals surface area (Å²) in [6.45, 7) is 5.18. The Bertz CT molecular complexity index is 430. The number of carbonyl (C=O) groups excluding carboxylic acids is 1. The Balaban J connectivity index is 2.19. The van der Waals surface area contributed by atoms with Gasteiger partial charge in [0.25, 0.3) is 5.91 Å². The number of aromatic nitrogens is 1. The molecule has 1 aromatic rings. The Hall–Kier alpha value is -1.36. The van der Waals surface area contributed by atoms with Crippen LogP contribution in [0.15, 0.2) is 10.7 Å². The monoisotopic (exact) mass is 265 g/mol. The molecule has 1 amide bonds. The van der Waals surface area contributed by atoms with E-state index in [-0.39, 0.29) is 11.9 Å². The standard InChI is InChI=1S/C14H23N3O2/c1-3-17(12-7-5-4-6-11(12)8-15)14(18)13-10(2)9-16-19-13/h9,11-12H,3-8,15H2,1-2H3. The summed E-state index contributed by atoms with van der Waals surface area (Å²) >= 11 is 0. The first-order valence-electron chi connectivity index (χ1n) is 7.11. The fourth-order valence-electron chi connectivity index (χ4n) is 3.03. The first-order valence-corrected chi connectivity index (χ1v) is 7.11. The van der Waals surface area contributed by atoms with E-state index in [9.17, 15) is 4.79 Å². The molecule has 1 aliphatic carbocycles. The number of nitrogens with two attached hydrogens (primary N) is 1. The third-order valence-corrected chi connectivity index (χ3v) is 4.12. The molecule has 2 N–H and O–H groups in total. The van der Waals surface area contributed by atoms with Gasteiger partial charge >= 0.3 is 0 Å². The van der Waals surface area contributed by atoms with Gasteiger partial charge in [0.05, 0.1) is 6.20 Å². The van der Waals surface area contributed by atoms with Crippen molar-refractivity contribution >= 4 is 5.91 Å². The summed E-state index contributed by atoms with van der Waals surface area (Å²) in [7, 11) is 0. The van der Waals surface area contributed by atoms with Gasteiger partial charge in [0, 0.05) is 18.2 Å². The second kappa shape index (κ2) is 6.19. The van der Waals surface area contributed by atoms with E-state index in [2.05, 4.69) is 5.16 Å². The minimum atomic E-state index is -0.0529. The van der Waals surface area contributed by atoms with Crippen LogP contribution in [0.3, 0.4) is 0 Å². The predicted molar refractivity (Wildman–Crippen MR) is 72.8 cm³/mol. The highest BCUT2D eigenvalue weighted by Crippen LogP contribution is 2.29. The molecule has 0 saturated heterocycles. The molecule has 1 aromatic heterocycles. The number of carbonyl (C=O) groups is 1. The molecule has 106 valence electrons. The van der Waals surface area contributed by atoms with E-state index in [1.165, 1.54) is 12.8 Å². The van der Waals surface area contributed by atoms with Gasteiger partial charge in [-0.05, 0) is 39.2 Å². The number of amides is 1. The fraction of sp³-hybridized carbons (Fsp3) is 0.714. The molecule has 0 aromatic carbocycles. The number of hydrogen-bond donors (Lipinski definition) is 1. The van der Waals surface area contributed by atoms with Crippen LogP contribution in [-0.2, 0) is 0 Å². The van der Waals surface area contributed by atoms with Crippen molar-refractivity contribution in [3.8, 4) is 0 Å². The molecule has 0 bridgehead atoms. The average molecular weight is 265 g/mol. The Morgan fingerprint density at radius 1 is 1.53 bits per heavy atom. The van der Waals surface area contributed by atoms with Crippen LogP contribution >= 0.6 is 0 Å². The van der Waals surface area contributed by atoms with Gasteiger partial charge in [-0.1, -0.05) is 18.0 Å². The van der Waals surface area contributed by atoms with Crippen molar-refractivity contribution in [1.82, 2.24) is 10.1 Å². The molecular weight excluding hydrogens is 242 g/mol. The van der Waals surface area contributed by atoms with Crippen molar-refractivity contribution in [2.45, 2.75) is 45.6 Å². The van der Waals surface area contributed by atoms with E-state index in [4.69, 9.17) is 10.3 Å². The van der Waals surface area contributed by atoms with Crippen molar-refractivity contribution in [3.63, 3.8) is 0 Å². The lowest BCUT2D eigenvalue weighted by Gasteiger charge is -2.38. The smallest absolute Gasteiger partial charge is 0.292 e. The molecular formula is C14H23N3O2. The molecule has 0 spiro atoms. The summed E-state index contributed by atoms with van der Waals surface area (Å²) in [4.78, 5) is 14.5. The summed E-state index contributed by atoms with van der Waals surface area (Å²) in [5.74, 6) is 0.715. The van der Waals surface area contributed by atoms with E-state index in [1.807, 2.05) is 18.7 Å². The number of nitrogens with zero attached hydrogens (tertiary/aromatic N) is 2. The molecule has 19 heavy (non-hydrogen) atoms. The lowest BCUT2D eigenvalue weighted by molar-refractivity contribution is 0.0518. The largest absolute Gasteiger partial charge is 0.351 e. The van der Waals surface area contributed by atoms with Gasteiger partial charge in [-0.3, -0.25) is 4.79 Å². The minimum Gasteiger partial charge on any atom is -0.351 e. The molecule has 0 radical (unpaired) electrons. The number of hydrogen-bond acceptors (Lipinski definition) is 4. The first kappa shape index (κ1) is 14.1. The van der Waals surface area contributed by atoms with Crippen molar-refractivity contribution in [1.29, 1.82) is 0 Å². The second-order valence-electron chi connectivity index (χ2n) is 5.28. The highest BCUT2D eigenvalue weighted by molar-refractivity contribution is 5.92. The number of aryl methyl sites for hydroxylation is 1. The molecule has 1 saturated carbocycles. The van der Waals surface area contributed by atoms with E-state index in [0.29, 0.717) is 24.8 Å². The Labute approximate surface area is 114 Å².